The van der Waals surface area contributed by atoms with Crippen LogP contribution in [-0.2, 0) is 16.1 Å². The molecule has 0 spiro atoms. The van der Waals surface area contributed by atoms with E-state index in [1.807, 2.05) is 30.3 Å². The van der Waals surface area contributed by atoms with Gasteiger partial charge in [-0.25, -0.2) is 0 Å². The Balaban J connectivity index is 1.98. The Hall–Kier alpha value is -2.78. The molecule has 5 heteroatoms. The highest BCUT2D eigenvalue weighted by Gasteiger charge is 2.49. The number of rotatable bonds is 2. The van der Waals surface area contributed by atoms with E-state index >= 15 is 0 Å². The molecule has 0 radical (unpaired) electrons. The zero-order valence-corrected chi connectivity index (χ0v) is 10.6. The number of carbonyl (C=O) groups is 2. The molecule has 20 heavy (non-hydrogen) atoms. The number of benzene rings is 1. The van der Waals surface area contributed by atoms with E-state index in [1.165, 1.54) is 11.0 Å². The fourth-order valence-electron chi connectivity index (χ4n) is 2.50. The third-order valence-corrected chi connectivity index (χ3v) is 3.45. The van der Waals surface area contributed by atoms with Crippen molar-refractivity contribution in [3.8, 4) is 0 Å². The lowest BCUT2D eigenvalue weighted by Crippen LogP contribution is -2.25. The Bertz CT molecular complexity index is 697. The maximum absolute atomic E-state index is 12.1. The van der Waals surface area contributed by atoms with Gasteiger partial charge in [0, 0.05) is 11.8 Å². The van der Waals surface area contributed by atoms with E-state index in [1.54, 1.807) is 12.2 Å². The van der Waals surface area contributed by atoms with Gasteiger partial charge in [-0.1, -0.05) is 36.4 Å². The average molecular weight is 265 g/mol. The number of allylic oxidation sites excluding steroid dienone is 4. The molecule has 3 rings (SSSR count). The number of Topliss-reactive ketones (excluding diaryl/α,β-unsaturated/α-hetero) is 1. The summed E-state index contributed by atoms with van der Waals surface area (Å²) in [5.74, 6) is -1.89. The molecule has 0 aromatic heterocycles. The van der Waals surface area contributed by atoms with Crippen molar-refractivity contribution >= 4 is 17.4 Å². The van der Waals surface area contributed by atoms with E-state index in [9.17, 15) is 9.59 Å². The molecule has 0 saturated carbocycles. The normalized spacial score (nSPS) is 20.8. The van der Waals surface area contributed by atoms with E-state index in [4.69, 9.17) is 5.53 Å². The summed E-state index contributed by atoms with van der Waals surface area (Å²) < 4.78 is 0. The van der Waals surface area contributed by atoms with Gasteiger partial charge < -0.3 is 10.4 Å². The second-order valence-corrected chi connectivity index (χ2v) is 4.65. The number of amides is 1. The average Bonchev–Trinajstić information content (AvgIpc) is 2.73. The van der Waals surface area contributed by atoms with Crippen molar-refractivity contribution < 1.29 is 14.4 Å². The third kappa shape index (κ3) is 1.81. The molecule has 1 heterocycles. The zero-order chi connectivity index (χ0) is 14.1. The lowest BCUT2D eigenvalue weighted by molar-refractivity contribution is -0.140. The molecule has 98 valence electrons. The monoisotopic (exact) mass is 265 g/mol. The summed E-state index contributed by atoms with van der Waals surface area (Å²) in [7, 11) is 0. The molecule has 2 aliphatic rings. The minimum atomic E-state index is -0.777. The highest BCUT2D eigenvalue weighted by Crippen LogP contribution is 2.31. The zero-order valence-electron chi connectivity index (χ0n) is 10.6. The van der Waals surface area contributed by atoms with Gasteiger partial charge in [0.2, 0.25) is 5.78 Å². The highest BCUT2D eigenvalue weighted by molar-refractivity contribution is 6.45. The number of hydrogen-bond donors (Lipinski definition) is 0. The van der Waals surface area contributed by atoms with Gasteiger partial charge in [0.1, 0.15) is 0 Å². The van der Waals surface area contributed by atoms with Crippen LogP contribution in [0.2, 0.25) is 0 Å². The van der Waals surface area contributed by atoms with Crippen LogP contribution in [0.3, 0.4) is 0 Å². The standard InChI is InChI=1S/C15H11N3O2/c16-17-11-7-4-8-12-13(11)14(19)15(20)18(12)9-10-5-2-1-3-6-10/h1-8,13H,9H2. The summed E-state index contributed by atoms with van der Waals surface area (Å²) >= 11 is 0. The summed E-state index contributed by atoms with van der Waals surface area (Å²) in [6.07, 6.45) is 4.92. The van der Waals surface area contributed by atoms with Gasteiger partial charge in [-0.05, 0) is 11.6 Å². The lowest BCUT2D eigenvalue weighted by atomic mass is 9.94. The molecule has 1 atom stereocenters. The number of likely N-dealkylation sites (tertiary alicyclic amines) is 1. The number of nitrogens with zero attached hydrogens (tertiary/aromatic N) is 3. The first-order valence-electron chi connectivity index (χ1n) is 6.22. The fraction of sp³-hybridized carbons (Fsp3) is 0.133. The summed E-state index contributed by atoms with van der Waals surface area (Å²) in [5.41, 5.74) is 10.7. The molecule has 1 aliphatic carbocycles. The molecular weight excluding hydrogens is 254 g/mol. The quantitative estimate of drug-likeness (QED) is 0.460. The van der Waals surface area contributed by atoms with Crippen LogP contribution in [0.15, 0.2) is 54.3 Å². The van der Waals surface area contributed by atoms with Crippen LogP contribution < -0.4 is 0 Å². The van der Waals surface area contributed by atoms with Crippen molar-refractivity contribution in [2.75, 3.05) is 0 Å². The van der Waals surface area contributed by atoms with E-state index in [-0.39, 0.29) is 5.71 Å². The van der Waals surface area contributed by atoms with Crippen molar-refractivity contribution in [2.45, 2.75) is 6.54 Å². The van der Waals surface area contributed by atoms with Crippen molar-refractivity contribution in [2.24, 2.45) is 5.92 Å². The summed E-state index contributed by atoms with van der Waals surface area (Å²) in [6, 6.07) is 9.44. The number of ketones is 1. The highest BCUT2D eigenvalue weighted by atomic mass is 16.2. The summed E-state index contributed by atoms with van der Waals surface area (Å²) in [6.45, 7) is 0.334. The number of hydrogen-bond acceptors (Lipinski definition) is 2. The molecular formula is C15H11N3O2. The minimum Gasteiger partial charge on any atom is -0.361 e. The summed E-state index contributed by atoms with van der Waals surface area (Å²) in [5, 5.41) is 0. The van der Waals surface area contributed by atoms with Gasteiger partial charge in [0.05, 0.1) is 6.54 Å². The van der Waals surface area contributed by atoms with Crippen LogP contribution in [-0.4, -0.2) is 27.1 Å². The van der Waals surface area contributed by atoms with Crippen molar-refractivity contribution in [3.63, 3.8) is 0 Å². The molecule has 1 aliphatic heterocycles. The van der Waals surface area contributed by atoms with Crippen LogP contribution in [0.4, 0.5) is 0 Å². The van der Waals surface area contributed by atoms with Gasteiger partial charge in [0.15, 0.2) is 5.92 Å². The molecule has 0 N–H and O–H groups in total. The van der Waals surface area contributed by atoms with Gasteiger partial charge in [0.25, 0.3) is 5.91 Å². The van der Waals surface area contributed by atoms with Crippen LogP contribution >= 0.6 is 0 Å². The largest absolute Gasteiger partial charge is 0.361 e. The van der Waals surface area contributed by atoms with Crippen molar-refractivity contribution in [1.82, 2.24) is 4.90 Å². The van der Waals surface area contributed by atoms with Gasteiger partial charge >= 0.3 is 5.71 Å². The van der Waals surface area contributed by atoms with Crippen LogP contribution in [0.5, 0.6) is 0 Å². The molecule has 1 unspecified atom stereocenters. The predicted octanol–water partition coefficient (Wildman–Crippen LogP) is 1.34. The Kier molecular flexibility index (Phi) is 2.89. The molecule has 1 aromatic carbocycles. The maximum Gasteiger partial charge on any atom is 0.308 e. The van der Waals surface area contributed by atoms with Crippen LogP contribution in [0, 0.1) is 5.92 Å². The second kappa shape index (κ2) is 4.72. The molecule has 1 saturated heterocycles. The summed E-state index contributed by atoms with van der Waals surface area (Å²) in [4.78, 5) is 28.7. The fourth-order valence-corrected chi connectivity index (χ4v) is 2.50. The molecule has 1 aromatic rings. The Morgan fingerprint density at radius 3 is 2.65 bits per heavy atom. The topological polar surface area (TPSA) is 73.8 Å². The Labute approximate surface area is 115 Å². The second-order valence-electron chi connectivity index (χ2n) is 4.65. The third-order valence-electron chi connectivity index (χ3n) is 3.45. The van der Waals surface area contributed by atoms with Gasteiger partial charge in [-0.15, -0.1) is 0 Å². The van der Waals surface area contributed by atoms with Crippen LogP contribution in [0.25, 0.3) is 5.53 Å². The lowest BCUT2D eigenvalue weighted by Gasteiger charge is -2.19. The first kappa shape index (κ1) is 12.3. The smallest absolute Gasteiger partial charge is 0.308 e. The number of fused-ring (bicyclic) bond motifs is 1. The Morgan fingerprint density at radius 2 is 1.95 bits per heavy atom. The SMILES string of the molecule is [N-]=[N+]=C1C=CC=C2C1C(=O)C(=O)N2Cc1ccccc1. The van der Waals surface area contributed by atoms with Crippen molar-refractivity contribution in [3.05, 3.63) is 65.4 Å². The molecule has 1 amide bonds. The van der Waals surface area contributed by atoms with E-state index in [0.717, 1.165) is 5.56 Å². The minimum absolute atomic E-state index is 0.205. The van der Waals surface area contributed by atoms with Gasteiger partial charge in [-0.2, -0.15) is 4.79 Å². The molecule has 5 nitrogen and oxygen atoms in total. The Morgan fingerprint density at radius 1 is 1.20 bits per heavy atom. The first-order chi connectivity index (χ1) is 9.72. The number of carbonyl (C=O) groups excluding carboxylic acids is 2. The van der Waals surface area contributed by atoms with Gasteiger partial charge in [-0.3, -0.25) is 9.59 Å². The van der Waals surface area contributed by atoms with Crippen LogP contribution in [0.1, 0.15) is 5.56 Å². The molecule has 0 bridgehead atoms. The maximum atomic E-state index is 12.1. The predicted molar refractivity (Wildman–Crippen MR) is 71.3 cm³/mol. The van der Waals surface area contributed by atoms with E-state index in [2.05, 4.69) is 4.79 Å². The first-order valence-corrected chi connectivity index (χ1v) is 6.22. The molecule has 1 fully saturated rings. The van der Waals surface area contributed by atoms with Crippen molar-refractivity contribution in [1.29, 1.82) is 0 Å². The van der Waals surface area contributed by atoms with E-state index < -0.39 is 17.6 Å². The van der Waals surface area contributed by atoms with E-state index in [0.29, 0.717) is 12.2 Å².